The van der Waals surface area contributed by atoms with E-state index >= 15 is 0 Å². The van der Waals surface area contributed by atoms with Gasteiger partial charge >= 0.3 is 0 Å². The number of benzene rings is 2. The number of rotatable bonds is 3. The summed E-state index contributed by atoms with van der Waals surface area (Å²) in [5.74, 6) is 0.200. The summed E-state index contributed by atoms with van der Waals surface area (Å²) in [5.41, 5.74) is 2.62. The monoisotopic (exact) mass is 427 g/mol. The lowest BCUT2D eigenvalue weighted by Crippen LogP contribution is -2.52. The molecule has 2 aliphatic rings. The third-order valence-electron chi connectivity index (χ3n) is 5.89. The number of nitrogens with zero attached hydrogens (tertiary/aromatic N) is 3. The first kappa shape index (κ1) is 22.7. The molecular weight excluding hydrogens is 398 g/mol. The molecular formula is C23H29N3O5. The van der Waals surface area contributed by atoms with Gasteiger partial charge in [0.25, 0.3) is 12.4 Å². The number of phenolic OH excluding ortho intramolecular Hbond substituents is 1. The van der Waals surface area contributed by atoms with Gasteiger partial charge in [-0.1, -0.05) is 24.3 Å². The van der Waals surface area contributed by atoms with E-state index in [4.69, 9.17) is 9.90 Å². The van der Waals surface area contributed by atoms with Crippen LogP contribution in [0.1, 0.15) is 10.4 Å². The molecule has 2 heterocycles. The molecule has 2 atom stereocenters. The molecule has 0 aliphatic carbocycles. The molecule has 166 valence electrons. The van der Waals surface area contributed by atoms with Crippen molar-refractivity contribution in [2.75, 3.05) is 46.3 Å². The van der Waals surface area contributed by atoms with E-state index in [0.29, 0.717) is 18.7 Å². The van der Waals surface area contributed by atoms with Gasteiger partial charge in [0, 0.05) is 44.8 Å². The number of amides is 1. The minimum Gasteiger partial charge on any atom is -0.508 e. The maximum absolute atomic E-state index is 12.9. The lowest BCUT2D eigenvalue weighted by Gasteiger charge is -2.37. The lowest BCUT2D eigenvalue weighted by atomic mass is 10.0. The van der Waals surface area contributed by atoms with E-state index in [1.54, 1.807) is 17.0 Å². The highest BCUT2D eigenvalue weighted by atomic mass is 16.3. The molecule has 2 aliphatic heterocycles. The third-order valence-corrected chi connectivity index (χ3v) is 5.89. The summed E-state index contributed by atoms with van der Waals surface area (Å²) >= 11 is 0. The van der Waals surface area contributed by atoms with Crippen molar-refractivity contribution in [2.45, 2.75) is 12.1 Å². The number of carboxylic acid groups (broad SMARTS) is 1. The van der Waals surface area contributed by atoms with Gasteiger partial charge in [0.1, 0.15) is 5.75 Å². The fourth-order valence-electron chi connectivity index (χ4n) is 4.09. The summed E-state index contributed by atoms with van der Waals surface area (Å²) in [5, 5.41) is 26.8. The van der Waals surface area contributed by atoms with Crippen LogP contribution >= 0.6 is 0 Å². The SMILES string of the molecule is CN1CCN([C@H]2CN(C(=O)c3ccc(-c4ccc(O)cc4)cc3)C[C@@H]2O)CC1.O=CO. The first-order valence-electron chi connectivity index (χ1n) is 10.3. The molecule has 0 unspecified atom stereocenters. The van der Waals surface area contributed by atoms with Crippen molar-refractivity contribution in [3.05, 3.63) is 54.1 Å². The van der Waals surface area contributed by atoms with Crippen molar-refractivity contribution >= 4 is 12.4 Å². The smallest absolute Gasteiger partial charge is 0.290 e. The van der Waals surface area contributed by atoms with Crippen LogP contribution in [0.2, 0.25) is 0 Å². The third kappa shape index (κ3) is 5.61. The van der Waals surface area contributed by atoms with E-state index in [9.17, 15) is 15.0 Å². The van der Waals surface area contributed by atoms with Crippen LogP contribution in [0.15, 0.2) is 48.5 Å². The fraction of sp³-hybridized carbons (Fsp3) is 0.391. The summed E-state index contributed by atoms with van der Waals surface area (Å²) < 4.78 is 0. The topological polar surface area (TPSA) is 105 Å². The van der Waals surface area contributed by atoms with Crippen LogP contribution in [0.5, 0.6) is 5.75 Å². The average molecular weight is 428 g/mol. The van der Waals surface area contributed by atoms with E-state index in [1.165, 1.54) is 0 Å². The van der Waals surface area contributed by atoms with Crippen molar-refractivity contribution in [1.82, 2.24) is 14.7 Å². The number of hydrogen-bond donors (Lipinski definition) is 3. The standard InChI is InChI=1S/C22H27N3O3.CH2O2/c1-23-10-12-24(13-11-23)20-14-25(15-21(20)27)22(28)18-4-2-16(3-5-18)17-6-8-19(26)9-7-17;2-1-3/h2-9,20-21,26-27H,10-15H2,1H3;1H,(H,2,3)/t20-,21-;/m0./s1. The van der Waals surface area contributed by atoms with Crippen LogP contribution in [0, 0.1) is 0 Å². The second-order valence-electron chi connectivity index (χ2n) is 7.91. The quantitative estimate of drug-likeness (QED) is 0.632. The predicted octanol–water partition coefficient (Wildman–Crippen LogP) is 1.19. The number of β-amino-alcohol motifs (C(OH)–C–C–N with tert-alkyl or cyclic N) is 1. The second-order valence-corrected chi connectivity index (χ2v) is 7.91. The number of piperazine rings is 1. The summed E-state index contributed by atoms with van der Waals surface area (Å²) in [6.45, 7) is 4.56. The Morgan fingerprint density at radius 3 is 2.00 bits per heavy atom. The van der Waals surface area contributed by atoms with E-state index < -0.39 is 6.10 Å². The molecule has 4 rings (SSSR count). The van der Waals surface area contributed by atoms with Gasteiger partial charge in [-0.3, -0.25) is 14.5 Å². The molecule has 2 aromatic rings. The van der Waals surface area contributed by atoms with Crippen LogP contribution in [-0.4, -0.2) is 101 Å². The van der Waals surface area contributed by atoms with Gasteiger partial charge in [0.05, 0.1) is 12.1 Å². The van der Waals surface area contributed by atoms with Crippen molar-refractivity contribution in [3.63, 3.8) is 0 Å². The lowest BCUT2D eigenvalue weighted by molar-refractivity contribution is -0.122. The number of likely N-dealkylation sites (N-methyl/N-ethyl adjacent to an activating group) is 1. The van der Waals surface area contributed by atoms with Gasteiger partial charge in [0.15, 0.2) is 0 Å². The van der Waals surface area contributed by atoms with Crippen LogP contribution in [0.3, 0.4) is 0 Å². The zero-order valence-electron chi connectivity index (χ0n) is 17.6. The molecule has 2 saturated heterocycles. The van der Waals surface area contributed by atoms with Gasteiger partial charge in [-0.25, -0.2) is 0 Å². The summed E-state index contributed by atoms with van der Waals surface area (Å²) in [6, 6.07) is 14.5. The minimum atomic E-state index is -0.497. The van der Waals surface area contributed by atoms with Crippen LogP contribution in [-0.2, 0) is 4.79 Å². The summed E-state index contributed by atoms with van der Waals surface area (Å²) in [7, 11) is 2.11. The molecule has 8 nitrogen and oxygen atoms in total. The van der Waals surface area contributed by atoms with E-state index in [1.807, 2.05) is 36.4 Å². The Bertz CT molecular complexity index is 864. The van der Waals surface area contributed by atoms with Crippen molar-refractivity contribution < 1.29 is 24.9 Å². The first-order valence-corrected chi connectivity index (χ1v) is 10.3. The molecule has 0 saturated carbocycles. The Balaban J connectivity index is 0.000000858. The Morgan fingerprint density at radius 1 is 0.935 bits per heavy atom. The Morgan fingerprint density at radius 2 is 1.45 bits per heavy atom. The molecule has 2 fully saturated rings. The molecule has 0 bridgehead atoms. The van der Waals surface area contributed by atoms with Crippen molar-refractivity contribution in [2.24, 2.45) is 0 Å². The molecule has 0 spiro atoms. The molecule has 2 aromatic carbocycles. The Kier molecular flexibility index (Phi) is 7.62. The highest BCUT2D eigenvalue weighted by Crippen LogP contribution is 2.24. The Labute approximate surface area is 181 Å². The first-order chi connectivity index (χ1) is 14.9. The zero-order valence-corrected chi connectivity index (χ0v) is 17.6. The normalized spacial score (nSPS) is 21.9. The highest BCUT2D eigenvalue weighted by Gasteiger charge is 2.38. The van der Waals surface area contributed by atoms with Gasteiger partial charge in [-0.05, 0) is 42.4 Å². The number of aromatic hydroxyl groups is 1. The molecule has 31 heavy (non-hydrogen) atoms. The maximum atomic E-state index is 12.9. The molecule has 0 radical (unpaired) electrons. The number of likely N-dealkylation sites (tertiary alicyclic amines) is 1. The fourth-order valence-corrected chi connectivity index (χ4v) is 4.09. The van der Waals surface area contributed by atoms with Crippen LogP contribution < -0.4 is 0 Å². The predicted molar refractivity (Wildman–Crippen MR) is 117 cm³/mol. The number of aliphatic hydroxyl groups excluding tert-OH is 1. The molecule has 3 N–H and O–H groups in total. The molecule has 0 aromatic heterocycles. The van der Waals surface area contributed by atoms with E-state index in [-0.39, 0.29) is 24.2 Å². The molecule has 1 amide bonds. The summed E-state index contributed by atoms with van der Waals surface area (Å²) in [6.07, 6.45) is -0.497. The minimum absolute atomic E-state index is 0.0221. The number of aliphatic hydroxyl groups is 1. The van der Waals surface area contributed by atoms with E-state index in [2.05, 4.69) is 16.8 Å². The Hall–Kier alpha value is -2.94. The number of phenols is 1. The number of hydrogen-bond acceptors (Lipinski definition) is 6. The average Bonchev–Trinajstić information content (AvgIpc) is 3.17. The van der Waals surface area contributed by atoms with E-state index in [0.717, 1.165) is 37.3 Å². The van der Waals surface area contributed by atoms with Crippen molar-refractivity contribution in [1.29, 1.82) is 0 Å². The number of carbonyl (C=O) groups is 2. The number of carbonyl (C=O) groups excluding carboxylic acids is 1. The summed E-state index contributed by atoms with van der Waals surface area (Å²) in [4.78, 5) is 27.6. The van der Waals surface area contributed by atoms with Gasteiger partial charge in [0.2, 0.25) is 0 Å². The zero-order chi connectivity index (χ0) is 22.4. The van der Waals surface area contributed by atoms with Crippen LogP contribution in [0.4, 0.5) is 0 Å². The van der Waals surface area contributed by atoms with Crippen LogP contribution in [0.25, 0.3) is 11.1 Å². The van der Waals surface area contributed by atoms with Crippen molar-refractivity contribution in [3.8, 4) is 16.9 Å². The highest BCUT2D eigenvalue weighted by molar-refractivity contribution is 5.95. The van der Waals surface area contributed by atoms with Gasteiger partial charge in [-0.2, -0.15) is 0 Å². The largest absolute Gasteiger partial charge is 0.508 e. The van der Waals surface area contributed by atoms with Gasteiger partial charge in [-0.15, -0.1) is 0 Å². The molecule has 8 heteroatoms. The maximum Gasteiger partial charge on any atom is 0.290 e. The van der Waals surface area contributed by atoms with Gasteiger partial charge < -0.3 is 25.1 Å². The second kappa shape index (κ2) is 10.4.